The lowest BCUT2D eigenvalue weighted by Gasteiger charge is -2.32. The van der Waals surface area contributed by atoms with Crippen LogP contribution in [0.1, 0.15) is 45.9 Å². The van der Waals surface area contributed by atoms with Crippen molar-refractivity contribution in [1.82, 2.24) is 0 Å². The van der Waals surface area contributed by atoms with Gasteiger partial charge >= 0.3 is 7.12 Å². The molecule has 0 spiro atoms. The van der Waals surface area contributed by atoms with Crippen molar-refractivity contribution in [2.75, 3.05) is 0 Å². The number of hydrogen-bond donors (Lipinski definition) is 0. The quantitative estimate of drug-likeness (QED) is 0.790. The van der Waals surface area contributed by atoms with Crippen LogP contribution in [0.5, 0.6) is 0 Å². The Morgan fingerprint density at radius 2 is 1.62 bits per heavy atom. The Morgan fingerprint density at radius 3 is 2.19 bits per heavy atom. The first kappa shape index (κ1) is 14.7. The van der Waals surface area contributed by atoms with Gasteiger partial charge in [-0.3, -0.25) is 0 Å². The van der Waals surface area contributed by atoms with E-state index in [1.54, 1.807) is 0 Å². The van der Waals surface area contributed by atoms with Crippen molar-refractivity contribution in [2.24, 2.45) is 0 Å². The van der Waals surface area contributed by atoms with E-state index in [2.05, 4.69) is 59.7 Å². The van der Waals surface area contributed by atoms with E-state index in [0.29, 0.717) is 0 Å². The summed E-state index contributed by atoms with van der Waals surface area (Å²) in [6.07, 6.45) is 0.903. The van der Waals surface area contributed by atoms with Gasteiger partial charge < -0.3 is 13.7 Å². The molecular weight excluding hydrogens is 263 g/mol. The molecule has 0 atom stereocenters. The van der Waals surface area contributed by atoms with Crippen molar-refractivity contribution in [3.05, 3.63) is 29.5 Å². The zero-order chi connectivity index (χ0) is 15.4. The number of furan rings is 1. The fourth-order valence-corrected chi connectivity index (χ4v) is 2.70. The van der Waals surface area contributed by atoms with Crippen LogP contribution in [0.3, 0.4) is 0 Å². The molecule has 1 saturated heterocycles. The molecule has 0 aliphatic carbocycles. The Hall–Kier alpha value is -1.26. The lowest BCUT2D eigenvalue weighted by Crippen LogP contribution is -2.41. The molecule has 3 rings (SSSR count). The molecule has 1 aliphatic rings. The highest BCUT2D eigenvalue weighted by Gasteiger charge is 2.51. The van der Waals surface area contributed by atoms with Crippen molar-refractivity contribution < 1.29 is 13.7 Å². The van der Waals surface area contributed by atoms with Crippen LogP contribution in [0, 0.1) is 6.92 Å². The zero-order valence-electron chi connectivity index (χ0n) is 13.7. The molecule has 2 heterocycles. The molecule has 0 bridgehead atoms. The van der Waals surface area contributed by atoms with Crippen LogP contribution in [0.25, 0.3) is 11.0 Å². The smallest absolute Gasteiger partial charge is 0.461 e. The summed E-state index contributed by atoms with van der Waals surface area (Å²) in [5.41, 5.74) is 2.52. The molecule has 0 unspecified atom stereocenters. The first-order valence-corrected chi connectivity index (χ1v) is 7.62. The van der Waals surface area contributed by atoms with E-state index in [1.807, 2.05) is 0 Å². The highest BCUT2D eigenvalue weighted by Crippen LogP contribution is 2.36. The Bertz CT molecular complexity index is 669. The molecule has 112 valence electrons. The van der Waals surface area contributed by atoms with E-state index in [0.717, 1.165) is 34.2 Å². The Morgan fingerprint density at radius 1 is 1.00 bits per heavy atom. The third kappa shape index (κ3) is 2.31. The van der Waals surface area contributed by atoms with Crippen LogP contribution in [0.4, 0.5) is 0 Å². The van der Waals surface area contributed by atoms with E-state index in [4.69, 9.17) is 13.7 Å². The third-order valence-electron chi connectivity index (χ3n) is 4.75. The second-order valence-corrected chi connectivity index (χ2v) is 6.91. The van der Waals surface area contributed by atoms with Crippen molar-refractivity contribution in [1.29, 1.82) is 0 Å². The molecule has 21 heavy (non-hydrogen) atoms. The fraction of sp³-hybridized carbons (Fsp3) is 0.529. The van der Waals surface area contributed by atoms with Gasteiger partial charge in [-0.25, -0.2) is 0 Å². The predicted octanol–water partition coefficient (Wildman–Crippen LogP) is 3.60. The lowest BCUT2D eigenvalue weighted by molar-refractivity contribution is 0.00578. The van der Waals surface area contributed by atoms with E-state index in [-0.39, 0.29) is 18.3 Å². The summed E-state index contributed by atoms with van der Waals surface area (Å²) in [6.45, 7) is 12.5. The molecule has 1 fully saturated rings. The van der Waals surface area contributed by atoms with E-state index < -0.39 is 0 Å². The monoisotopic (exact) mass is 286 g/mol. The summed E-state index contributed by atoms with van der Waals surface area (Å²) in [5.74, 6) is 1.01. The van der Waals surface area contributed by atoms with Crippen LogP contribution in [0.2, 0.25) is 0 Å². The van der Waals surface area contributed by atoms with Gasteiger partial charge in [-0.1, -0.05) is 19.1 Å². The molecule has 1 aromatic carbocycles. The number of rotatable bonds is 2. The first-order valence-electron chi connectivity index (χ1n) is 7.62. The van der Waals surface area contributed by atoms with Crippen molar-refractivity contribution in [3.8, 4) is 0 Å². The van der Waals surface area contributed by atoms with E-state index >= 15 is 0 Å². The van der Waals surface area contributed by atoms with Gasteiger partial charge in [0.05, 0.1) is 11.2 Å². The van der Waals surface area contributed by atoms with Crippen molar-refractivity contribution in [2.45, 2.75) is 59.2 Å². The Kier molecular flexibility index (Phi) is 3.23. The summed E-state index contributed by atoms with van der Waals surface area (Å²) in [6, 6.07) is 6.33. The van der Waals surface area contributed by atoms with Crippen LogP contribution < -0.4 is 5.46 Å². The molecule has 1 aromatic heterocycles. The molecule has 3 nitrogen and oxygen atoms in total. The first-order chi connectivity index (χ1) is 9.73. The van der Waals surface area contributed by atoms with Gasteiger partial charge in [-0.15, -0.1) is 0 Å². The number of hydrogen-bond acceptors (Lipinski definition) is 3. The van der Waals surface area contributed by atoms with Gasteiger partial charge in [0.25, 0.3) is 0 Å². The summed E-state index contributed by atoms with van der Waals surface area (Å²) < 4.78 is 18.1. The molecule has 0 amide bonds. The number of aryl methyl sites for hydroxylation is 2. The van der Waals surface area contributed by atoms with Gasteiger partial charge in [-0.2, -0.15) is 0 Å². The third-order valence-corrected chi connectivity index (χ3v) is 4.75. The second-order valence-electron chi connectivity index (χ2n) is 6.91. The molecule has 2 aromatic rings. The van der Waals surface area contributed by atoms with Crippen LogP contribution in [0.15, 0.2) is 22.6 Å². The number of benzene rings is 1. The molecule has 4 heteroatoms. The van der Waals surface area contributed by atoms with Gasteiger partial charge in [0.2, 0.25) is 0 Å². The maximum atomic E-state index is 6.13. The van der Waals surface area contributed by atoms with E-state index in [1.165, 1.54) is 0 Å². The highest BCUT2D eigenvalue weighted by atomic mass is 16.7. The summed E-state index contributed by atoms with van der Waals surface area (Å²) in [5, 5.41) is 1.12. The normalized spacial score (nSPS) is 20.4. The maximum Gasteiger partial charge on any atom is 0.494 e. The van der Waals surface area contributed by atoms with Gasteiger partial charge in [0.1, 0.15) is 11.3 Å². The van der Waals surface area contributed by atoms with Gasteiger partial charge in [0, 0.05) is 11.8 Å². The molecule has 0 saturated carbocycles. The largest absolute Gasteiger partial charge is 0.494 e. The number of fused-ring (bicyclic) bond motifs is 1. The SMILES string of the molecule is CCc1cc2cc(B3OC(C)(C)C(C)(C)O3)cc(C)c2o1. The lowest BCUT2D eigenvalue weighted by atomic mass is 9.78. The molecule has 1 aliphatic heterocycles. The average molecular weight is 286 g/mol. The summed E-state index contributed by atoms with van der Waals surface area (Å²) in [7, 11) is -0.321. The van der Waals surface area contributed by atoms with Gasteiger partial charge in [-0.05, 0) is 51.7 Å². The van der Waals surface area contributed by atoms with Crippen LogP contribution >= 0.6 is 0 Å². The Labute approximate surface area is 126 Å². The Balaban J connectivity index is 2.02. The van der Waals surface area contributed by atoms with E-state index in [9.17, 15) is 0 Å². The average Bonchev–Trinajstić information content (AvgIpc) is 2.89. The van der Waals surface area contributed by atoms with Crippen molar-refractivity contribution >= 4 is 23.6 Å². The topological polar surface area (TPSA) is 31.6 Å². The fourth-order valence-electron chi connectivity index (χ4n) is 2.70. The highest BCUT2D eigenvalue weighted by molar-refractivity contribution is 6.62. The summed E-state index contributed by atoms with van der Waals surface area (Å²) >= 11 is 0. The minimum Gasteiger partial charge on any atom is -0.461 e. The molecular formula is C17H23BO3. The maximum absolute atomic E-state index is 6.13. The standard InChI is InChI=1S/C17H23BO3/c1-7-14-10-12-9-13(8-11(2)15(12)19-14)18-20-16(3,4)17(5,6)21-18/h8-10H,7H2,1-6H3. The minimum atomic E-state index is -0.321. The molecule has 0 radical (unpaired) electrons. The minimum absolute atomic E-state index is 0.314. The van der Waals surface area contributed by atoms with Gasteiger partial charge in [0.15, 0.2) is 0 Å². The van der Waals surface area contributed by atoms with Crippen LogP contribution in [-0.2, 0) is 15.7 Å². The molecule has 0 N–H and O–H groups in total. The van der Waals surface area contributed by atoms with Crippen LogP contribution in [-0.4, -0.2) is 18.3 Å². The summed E-state index contributed by atoms with van der Waals surface area (Å²) in [4.78, 5) is 0. The zero-order valence-corrected chi connectivity index (χ0v) is 13.7. The van der Waals surface area contributed by atoms with Crippen molar-refractivity contribution in [3.63, 3.8) is 0 Å². The predicted molar refractivity (Wildman–Crippen MR) is 86.0 cm³/mol. The second kappa shape index (κ2) is 4.62.